The van der Waals surface area contributed by atoms with Crippen LogP contribution in [0.3, 0.4) is 0 Å². The molecule has 0 unspecified atom stereocenters. The number of carbonyl (C=O) groups is 2. The lowest BCUT2D eigenvalue weighted by atomic mass is 10.2. The topological polar surface area (TPSA) is 83.6 Å². The van der Waals surface area contributed by atoms with E-state index in [0.29, 0.717) is 33.9 Å². The van der Waals surface area contributed by atoms with Gasteiger partial charge in [-0.15, -0.1) is 0 Å². The van der Waals surface area contributed by atoms with E-state index in [1.807, 2.05) is 6.92 Å². The van der Waals surface area contributed by atoms with Crippen molar-refractivity contribution < 1.29 is 14.3 Å². The van der Waals surface area contributed by atoms with Crippen molar-refractivity contribution in [3.05, 3.63) is 46.6 Å². The lowest BCUT2D eigenvalue weighted by Crippen LogP contribution is -2.41. The van der Waals surface area contributed by atoms with E-state index in [9.17, 15) is 9.59 Å². The van der Waals surface area contributed by atoms with Crippen LogP contribution in [0.5, 0.6) is 5.75 Å². The van der Waals surface area contributed by atoms with Gasteiger partial charge in [0.15, 0.2) is 5.82 Å². The van der Waals surface area contributed by atoms with Crippen molar-refractivity contribution in [3.8, 4) is 5.75 Å². The molecule has 0 spiro atoms. The highest BCUT2D eigenvalue weighted by atomic mass is 35.5. The van der Waals surface area contributed by atoms with Crippen LogP contribution in [0.1, 0.15) is 19.8 Å². The number of imide groups is 1. The Morgan fingerprint density at radius 1 is 1.26 bits per heavy atom. The second-order valence-corrected chi connectivity index (χ2v) is 6.76. The zero-order valence-corrected chi connectivity index (χ0v) is 16.0. The van der Waals surface area contributed by atoms with Gasteiger partial charge in [-0.1, -0.05) is 30.1 Å². The average molecular weight is 409 g/mol. The highest BCUT2D eigenvalue weighted by Crippen LogP contribution is 2.26. The molecule has 2 N–H and O–H groups in total. The molecule has 9 heteroatoms. The predicted octanol–water partition coefficient (Wildman–Crippen LogP) is 3.43. The summed E-state index contributed by atoms with van der Waals surface area (Å²) in [6.07, 6.45) is 2.34. The summed E-state index contributed by atoms with van der Waals surface area (Å²) >= 11 is 11.8. The Hall–Kier alpha value is -2.35. The Kier molecular flexibility index (Phi) is 6.15. The van der Waals surface area contributed by atoms with Crippen LogP contribution in [-0.2, 0) is 9.59 Å². The molecule has 7 nitrogen and oxygen atoms in total. The number of hydrazine groups is 1. The first-order chi connectivity index (χ1) is 13.0. The first kappa shape index (κ1) is 19.4. The minimum atomic E-state index is -0.734. The minimum Gasteiger partial charge on any atom is -0.494 e. The van der Waals surface area contributed by atoms with E-state index >= 15 is 0 Å². The molecular weight excluding hydrogens is 391 g/mol. The van der Waals surface area contributed by atoms with Crippen molar-refractivity contribution in [1.29, 1.82) is 0 Å². The Labute approximate surface area is 166 Å². The van der Waals surface area contributed by atoms with Gasteiger partial charge in [-0.25, -0.2) is 15.3 Å². The third-order valence-corrected chi connectivity index (χ3v) is 4.38. The summed E-state index contributed by atoms with van der Waals surface area (Å²) in [5, 5.41) is 0.696. The fourth-order valence-electron chi connectivity index (χ4n) is 2.59. The Morgan fingerprint density at radius 2 is 2.00 bits per heavy atom. The number of benzene rings is 1. The first-order valence-electron chi connectivity index (χ1n) is 8.42. The second-order valence-electron chi connectivity index (χ2n) is 5.92. The Morgan fingerprint density at radius 3 is 2.67 bits per heavy atom. The van der Waals surface area contributed by atoms with Crippen molar-refractivity contribution >= 4 is 46.5 Å². The van der Waals surface area contributed by atoms with Crippen molar-refractivity contribution in [2.24, 2.45) is 0 Å². The fraction of sp³-hybridized carbons (Fsp3) is 0.278. The highest BCUT2D eigenvalue weighted by molar-refractivity contribution is 6.36. The predicted molar refractivity (Wildman–Crippen MR) is 104 cm³/mol. The summed E-state index contributed by atoms with van der Waals surface area (Å²) < 4.78 is 5.52. The number of amides is 2. The van der Waals surface area contributed by atoms with Crippen LogP contribution < -0.4 is 20.5 Å². The molecule has 1 aromatic heterocycles. The summed E-state index contributed by atoms with van der Waals surface area (Å²) in [7, 11) is 0. The fourth-order valence-corrected chi connectivity index (χ4v) is 3.02. The van der Waals surface area contributed by atoms with Crippen molar-refractivity contribution in [1.82, 2.24) is 10.4 Å². The number of nitrogens with zero attached hydrogens (tertiary/aromatic N) is 2. The van der Waals surface area contributed by atoms with Gasteiger partial charge in [0, 0.05) is 6.20 Å². The van der Waals surface area contributed by atoms with Crippen molar-refractivity contribution in [2.75, 3.05) is 16.9 Å². The Balaban J connectivity index is 1.65. The van der Waals surface area contributed by atoms with Crippen LogP contribution in [0.2, 0.25) is 10.0 Å². The molecule has 2 amide bonds. The first-order valence-corrected chi connectivity index (χ1v) is 9.17. The molecule has 1 saturated heterocycles. The number of rotatable bonds is 7. The summed E-state index contributed by atoms with van der Waals surface area (Å²) in [4.78, 5) is 30.1. The molecule has 0 radical (unpaired) electrons. The second kappa shape index (κ2) is 8.56. The normalized spacial score (nSPS) is 16.7. The molecule has 1 atom stereocenters. The van der Waals surface area contributed by atoms with Crippen LogP contribution in [0.4, 0.5) is 11.5 Å². The highest BCUT2D eigenvalue weighted by Gasteiger charge is 2.39. The molecule has 3 rings (SSSR count). The maximum Gasteiger partial charge on any atom is 0.253 e. The number of halogens is 2. The van der Waals surface area contributed by atoms with E-state index in [4.69, 9.17) is 27.9 Å². The number of nitrogens with one attached hydrogen (secondary N) is 2. The molecule has 0 aliphatic carbocycles. The monoisotopic (exact) mass is 408 g/mol. The van der Waals surface area contributed by atoms with Gasteiger partial charge in [0.1, 0.15) is 11.8 Å². The van der Waals surface area contributed by atoms with Crippen LogP contribution in [-0.4, -0.2) is 29.4 Å². The third kappa shape index (κ3) is 4.50. The number of pyridine rings is 1. The van der Waals surface area contributed by atoms with Crippen LogP contribution in [0.25, 0.3) is 0 Å². The van der Waals surface area contributed by atoms with Crippen LogP contribution in [0.15, 0.2) is 36.5 Å². The van der Waals surface area contributed by atoms with E-state index in [-0.39, 0.29) is 18.2 Å². The molecule has 1 aliphatic heterocycles. The van der Waals surface area contributed by atoms with Gasteiger partial charge in [0.05, 0.1) is 28.8 Å². The molecular formula is C18H18Cl2N4O3. The quantitative estimate of drug-likeness (QED) is 0.539. The summed E-state index contributed by atoms with van der Waals surface area (Å²) in [5.41, 5.74) is 6.07. The van der Waals surface area contributed by atoms with E-state index in [0.717, 1.165) is 11.3 Å². The van der Waals surface area contributed by atoms with Gasteiger partial charge in [-0.05, 0) is 36.8 Å². The number of anilines is 2. The third-order valence-electron chi connectivity index (χ3n) is 3.89. The van der Waals surface area contributed by atoms with Gasteiger partial charge in [0.25, 0.3) is 5.91 Å². The van der Waals surface area contributed by atoms with Crippen molar-refractivity contribution in [3.63, 3.8) is 0 Å². The summed E-state index contributed by atoms with van der Waals surface area (Å²) in [5.74, 6) is 0.355. The van der Waals surface area contributed by atoms with E-state index in [1.165, 1.54) is 12.3 Å². The maximum absolute atomic E-state index is 12.6. The van der Waals surface area contributed by atoms with E-state index in [1.54, 1.807) is 24.3 Å². The zero-order valence-electron chi connectivity index (χ0n) is 14.5. The molecule has 142 valence electrons. The van der Waals surface area contributed by atoms with Crippen LogP contribution >= 0.6 is 23.2 Å². The molecule has 2 aromatic rings. The molecule has 1 aromatic carbocycles. The molecule has 0 saturated carbocycles. The number of aromatic nitrogens is 1. The summed E-state index contributed by atoms with van der Waals surface area (Å²) in [6, 6.07) is 7.64. The molecule has 2 heterocycles. The van der Waals surface area contributed by atoms with Gasteiger partial charge in [0.2, 0.25) is 5.91 Å². The maximum atomic E-state index is 12.6. The molecule has 1 fully saturated rings. The van der Waals surface area contributed by atoms with E-state index < -0.39 is 6.04 Å². The lowest BCUT2D eigenvalue weighted by molar-refractivity contribution is -0.121. The molecule has 1 aliphatic rings. The van der Waals surface area contributed by atoms with Gasteiger partial charge >= 0.3 is 0 Å². The largest absolute Gasteiger partial charge is 0.494 e. The Bertz CT molecular complexity index is 845. The standard InChI is InChI=1S/C18H18Cl2N4O3/c1-2-7-27-13-5-3-12(4-6-13)24-16(25)9-15(18(24)26)22-23-17-14(20)8-11(19)10-21-17/h3-6,8,10,15,22H,2,7,9H2,1H3,(H,21,23)/t15-/m1/s1. The van der Waals surface area contributed by atoms with Gasteiger partial charge in [-0.2, -0.15) is 0 Å². The average Bonchev–Trinajstić information content (AvgIpc) is 2.93. The van der Waals surface area contributed by atoms with Gasteiger partial charge in [-0.3, -0.25) is 9.59 Å². The number of ether oxygens (including phenoxy) is 1. The number of carbonyl (C=O) groups excluding carboxylic acids is 2. The van der Waals surface area contributed by atoms with Gasteiger partial charge < -0.3 is 10.2 Å². The van der Waals surface area contributed by atoms with Crippen molar-refractivity contribution in [2.45, 2.75) is 25.8 Å². The SMILES string of the molecule is CCCOc1ccc(N2C(=O)C[C@@H](NNc3ncc(Cl)cc3Cl)C2=O)cc1. The zero-order chi connectivity index (χ0) is 19.4. The smallest absolute Gasteiger partial charge is 0.253 e. The lowest BCUT2D eigenvalue weighted by Gasteiger charge is -2.17. The van der Waals surface area contributed by atoms with E-state index in [2.05, 4.69) is 15.8 Å². The molecule has 0 bridgehead atoms. The van der Waals surface area contributed by atoms with Crippen LogP contribution in [0, 0.1) is 0 Å². The summed E-state index contributed by atoms with van der Waals surface area (Å²) in [6.45, 7) is 2.63. The molecule has 27 heavy (non-hydrogen) atoms. The number of hydrogen-bond acceptors (Lipinski definition) is 6. The number of hydrogen-bond donors (Lipinski definition) is 2. The minimum absolute atomic E-state index is 0.0190.